The topological polar surface area (TPSA) is 73.4 Å². The number of benzene rings is 1. The minimum Gasteiger partial charge on any atom is -0.378 e. The van der Waals surface area contributed by atoms with Gasteiger partial charge in [-0.25, -0.2) is 9.97 Å². The van der Waals surface area contributed by atoms with Gasteiger partial charge in [-0.3, -0.25) is 4.79 Å². The van der Waals surface area contributed by atoms with E-state index in [0.717, 1.165) is 56.2 Å². The van der Waals surface area contributed by atoms with Crippen LogP contribution in [0.1, 0.15) is 28.8 Å². The van der Waals surface area contributed by atoms with Crippen molar-refractivity contribution >= 4 is 23.2 Å². The molecule has 1 amide bonds. The van der Waals surface area contributed by atoms with Crippen molar-refractivity contribution in [2.45, 2.75) is 25.3 Å². The van der Waals surface area contributed by atoms with Gasteiger partial charge in [-0.1, -0.05) is 6.07 Å². The molecular formula is C20H26N6O. The number of hydrogen-bond acceptors (Lipinski definition) is 6. The maximum absolute atomic E-state index is 12.6. The Labute approximate surface area is 159 Å². The second-order valence-electron chi connectivity index (χ2n) is 7.38. The quantitative estimate of drug-likeness (QED) is 0.861. The number of aromatic nitrogens is 2. The number of hydrogen-bond donors (Lipinski definition) is 2. The minimum atomic E-state index is 0.00396. The van der Waals surface area contributed by atoms with Gasteiger partial charge in [0.2, 0.25) is 0 Å². The number of amides is 1. The summed E-state index contributed by atoms with van der Waals surface area (Å²) in [5, 5.41) is 6.50. The maximum Gasteiger partial charge on any atom is 0.251 e. The molecule has 0 unspecified atom stereocenters. The number of piperidine rings is 1. The summed E-state index contributed by atoms with van der Waals surface area (Å²) in [6, 6.07) is 7.93. The van der Waals surface area contributed by atoms with Gasteiger partial charge in [0.1, 0.15) is 18.0 Å². The maximum atomic E-state index is 12.6. The first-order valence-electron chi connectivity index (χ1n) is 9.53. The lowest BCUT2D eigenvalue weighted by atomic mass is 10.0. The summed E-state index contributed by atoms with van der Waals surface area (Å²) in [5.74, 6) is 2.02. The first-order chi connectivity index (χ1) is 13.1. The van der Waals surface area contributed by atoms with Gasteiger partial charge in [0.15, 0.2) is 0 Å². The van der Waals surface area contributed by atoms with E-state index < -0.39 is 0 Å². The van der Waals surface area contributed by atoms with Crippen LogP contribution in [-0.2, 0) is 6.42 Å². The molecule has 0 spiro atoms. The summed E-state index contributed by atoms with van der Waals surface area (Å²) < 4.78 is 0. The fraction of sp³-hybridized carbons (Fsp3) is 0.450. The molecule has 0 saturated carbocycles. The summed E-state index contributed by atoms with van der Waals surface area (Å²) in [7, 11) is 3.96. The largest absolute Gasteiger partial charge is 0.378 e. The number of rotatable bonds is 4. The molecule has 2 aromatic rings. The van der Waals surface area contributed by atoms with Gasteiger partial charge in [-0.15, -0.1) is 0 Å². The van der Waals surface area contributed by atoms with Crippen molar-refractivity contribution in [1.29, 1.82) is 0 Å². The molecule has 7 heteroatoms. The first kappa shape index (κ1) is 17.6. The van der Waals surface area contributed by atoms with Crippen LogP contribution in [0.5, 0.6) is 0 Å². The third kappa shape index (κ3) is 3.67. The third-order valence-corrected chi connectivity index (χ3v) is 5.34. The van der Waals surface area contributed by atoms with E-state index in [2.05, 4.69) is 25.5 Å². The Morgan fingerprint density at radius 2 is 2.07 bits per heavy atom. The Morgan fingerprint density at radius 1 is 1.26 bits per heavy atom. The summed E-state index contributed by atoms with van der Waals surface area (Å²) in [4.78, 5) is 25.8. The molecular weight excluding hydrogens is 340 g/mol. The highest BCUT2D eigenvalue weighted by Crippen LogP contribution is 2.29. The molecule has 1 saturated heterocycles. The van der Waals surface area contributed by atoms with Crippen molar-refractivity contribution in [2.75, 3.05) is 48.8 Å². The van der Waals surface area contributed by atoms with Gasteiger partial charge in [0.05, 0.1) is 0 Å². The van der Waals surface area contributed by atoms with E-state index in [4.69, 9.17) is 0 Å². The van der Waals surface area contributed by atoms with Crippen LogP contribution >= 0.6 is 0 Å². The minimum absolute atomic E-state index is 0.00396. The van der Waals surface area contributed by atoms with Crippen molar-refractivity contribution in [1.82, 2.24) is 15.3 Å². The Balaban J connectivity index is 1.37. The molecule has 2 aliphatic heterocycles. The van der Waals surface area contributed by atoms with Gasteiger partial charge in [0.25, 0.3) is 5.91 Å². The van der Waals surface area contributed by atoms with Crippen molar-refractivity contribution < 1.29 is 4.79 Å². The zero-order chi connectivity index (χ0) is 18.8. The van der Waals surface area contributed by atoms with Gasteiger partial charge >= 0.3 is 0 Å². The van der Waals surface area contributed by atoms with Crippen LogP contribution < -0.4 is 20.4 Å². The molecule has 2 aliphatic rings. The van der Waals surface area contributed by atoms with Crippen molar-refractivity contribution in [3.8, 4) is 0 Å². The highest BCUT2D eigenvalue weighted by molar-refractivity contribution is 5.95. The molecule has 0 radical (unpaired) electrons. The first-order valence-corrected chi connectivity index (χ1v) is 9.53. The zero-order valence-electron chi connectivity index (χ0n) is 15.9. The average Bonchev–Trinajstić information content (AvgIpc) is 3.17. The smallest absolute Gasteiger partial charge is 0.251 e. The van der Waals surface area contributed by atoms with Gasteiger partial charge in [-0.2, -0.15) is 0 Å². The van der Waals surface area contributed by atoms with E-state index >= 15 is 0 Å². The fourth-order valence-electron chi connectivity index (χ4n) is 3.79. The lowest BCUT2D eigenvalue weighted by Crippen LogP contribution is -2.45. The van der Waals surface area contributed by atoms with Crippen molar-refractivity contribution in [3.05, 3.63) is 41.7 Å². The molecule has 1 aromatic heterocycles. The van der Waals surface area contributed by atoms with Crippen LogP contribution in [0, 0.1) is 0 Å². The zero-order valence-corrected chi connectivity index (χ0v) is 15.9. The number of carbonyl (C=O) groups is 1. The summed E-state index contributed by atoms with van der Waals surface area (Å²) >= 11 is 0. The summed E-state index contributed by atoms with van der Waals surface area (Å²) in [6.45, 7) is 2.72. The monoisotopic (exact) mass is 366 g/mol. The average molecular weight is 366 g/mol. The lowest BCUT2D eigenvalue weighted by Gasteiger charge is -2.34. The number of carbonyl (C=O) groups excluding carboxylic acids is 1. The molecule has 0 aliphatic carbocycles. The molecule has 0 atom stereocenters. The number of nitrogens with zero attached hydrogens (tertiary/aromatic N) is 4. The van der Waals surface area contributed by atoms with Crippen LogP contribution in [0.4, 0.5) is 17.3 Å². The van der Waals surface area contributed by atoms with Gasteiger partial charge < -0.3 is 20.4 Å². The van der Waals surface area contributed by atoms with Crippen LogP contribution in [0.25, 0.3) is 0 Å². The van der Waals surface area contributed by atoms with E-state index in [0.29, 0.717) is 5.56 Å². The molecule has 3 heterocycles. The van der Waals surface area contributed by atoms with Crippen LogP contribution in [0.3, 0.4) is 0 Å². The third-order valence-electron chi connectivity index (χ3n) is 5.34. The van der Waals surface area contributed by atoms with Crippen molar-refractivity contribution in [3.63, 3.8) is 0 Å². The van der Waals surface area contributed by atoms with Crippen molar-refractivity contribution in [2.24, 2.45) is 0 Å². The molecule has 0 bridgehead atoms. The summed E-state index contributed by atoms with van der Waals surface area (Å²) in [5.41, 5.74) is 2.97. The molecule has 2 N–H and O–H groups in total. The molecule has 1 fully saturated rings. The number of fused-ring (bicyclic) bond motifs is 1. The molecule has 1 aromatic carbocycles. The van der Waals surface area contributed by atoms with Crippen LogP contribution in [0.2, 0.25) is 0 Å². The predicted octanol–water partition coefficient (Wildman–Crippen LogP) is 1.91. The Morgan fingerprint density at radius 3 is 2.85 bits per heavy atom. The molecule has 27 heavy (non-hydrogen) atoms. The van der Waals surface area contributed by atoms with E-state index in [-0.39, 0.29) is 11.9 Å². The van der Waals surface area contributed by atoms with Gasteiger partial charge in [0, 0.05) is 56.6 Å². The van der Waals surface area contributed by atoms with Gasteiger partial charge in [-0.05, 0) is 37.5 Å². The fourth-order valence-corrected chi connectivity index (χ4v) is 3.79. The van der Waals surface area contributed by atoms with E-state index in [1.807, 2.05) is 43.3 Å². The Bertz CT molecular complexity index is 829. The second-order valence-corrected chi connectivity index (χ2v) is 7.38. The lowest BCUT2D eigenvalue weighted by molar-refractivity contribution is 0.0931. The second kappa shape index (κ2) is 7.42. The van der Waals surface area contributed by atoms with E-state index in [1.165, 1.54) is 5.56 Å². The Kier molecular flexibility index (Phi) is 4.83. The number of nitrogens with one attached hydrogen (secondary N) is 2. The standard InChI is InChI=1S/C20H26N6O/c1-25(2)16-5-3-4-14(12-16)20(27)24-15-7-10-26(11-8-15)19-17-6-9-21-18(17)22-13-23-19/h3-5,12-13,15H,6-11H2,1-2H3,(H,24,27)(H,21,22,23). The SMILES string of the molecule is CN(C)c1cccc(C(=O)NC2CCN(c3ncnc4c3CCN4)CC2)c1. The molecule has 4 rings (SSSR count). The molecule has 142 valence electrons. The summed E-state index contributed by atoms with van der Waals surface area (Å²) in [6.07, 6.45) is 4.46. The van der Waals surface area contributed by atoms with Crippen LogP contribution in [0.15, 0.2) is 30.6 Å². The highest BCUT2D eigenvalue weighted by Gasteiger charge is 2.26. The van der Waals surface area contributed by atoms with E-state index in [1.54, 1.807) is 6.33 Å². The normalized spacial score (nSPS) is 16.6. The predicted molar refractivity (Wildman–Crippen MR) is 108 cm³/mol. The molecule has 7 nitrogen and oxygen atoms in total. The van der Waals surface area contributed by atoms with E-state index in [9.17, 15) is 4.79 Å². The van der Waals surface area contributed by atoms with Crippen LogP contribution in [-0.4, -0.2) is 55.6 Å². The Hall–Kier alpha value is -2.83. The number of anilines is 3. The highest BCUT2D eigenvalue weighted by atomic mass is 16.1.